The minimum absolute atomic E-state index is 0.522. The summed E-state index contributed by atoms with van der Waals surface area (Å²) in [6.45, 7) is 11.4. The van der Waals surface area contributed by atoms with Crippen molar-refractivity contribution in [2.24, 2.45) is 11.3 Å². The lowest BCUT2D eigenvalue weighted by Crippen LogP contribution is -2.21. The van der Waals surface area contributed by atoms with Gasteiger partial charge < -0.3 is 0 Å². The van der Waals surface area contributed by atoms with Gasteiger partial charge in [-0.3, -0.25) is 4.55 Å². The molecule has 0 unspecified atom stereocenters. The molecule has 16 heavy (non-hydrogen) atoms. The van der Waals surface area contributed by atoms with Gasteiger partial charge in [-0.25, -0.2) is 0 Å². The molecule has 0 saturated carbocycles. The predicted octanol–water partition coefficient (Wildman–Crippen LogP) is 3.47. The molecule has 3 nitrogen and oxygen atoms in total. The molecule has 0 aliphatic heterocycles. The molecule has 100 valence electrons. The Kier molecular flexibility index (Phi) is 6.62. The standard InChI is InChI=1S/C8H18.CHF3O3S/c1-7(2)6-8(3,4)5;2-1(3,4)8(5,6)7/h7H,6H2,1-5H3;(H,5,6,7). The average molecular weight is 264 g/mol. The highest BCUT2D eigenvalue weighted by atomic mass is 32.2. The largest absolute Gasteiger partial charge is 0.522 e. The zero-order valence-corrected chi connectivity index (χ0v) is 10.9. The Hall–Kier alpha value is -0.300. The molecule has 0 aromatic rings. The lowest BCUT2D eigenvalue weighted by Gasteiger charge is -2.19. The van der Waals surface area contributed by atoms with E-state index in [9.17, 15) is 13.2 Å². The van der Waals surface area contributed by atoms with Gasteiger partial charge in [0.1, 0.15) is 0 Å². The SMILES string of the molecule is CC(C)CC(C)(C)C.O=S(=O)(O)C(F)(F)F. The normalized spacial score (nSPS) is 13.4. The Bertz CT molecular complexity index is 286. The molecule has 0 aromatic heterocycles. The first-order chi connectivity index (χ1) is 6.67. The Morgan fingerprint density at radius 1 is 1.12 bits per heavy atom. The molecule has 0 bridgehead atoms. The van der Waals surface area contributed by atoms with E-state index < -0.39 is 15.6 Å². The number of hydrogen-bond acceptors (Lipinski definition) is 2. The second-order valence-electron chi connectivity index (χ2n) is 5.08. The highest BCUT2D eigenvalue weighted by Gasteiger charge is 2.44. The van der Waals surface area contributed by atoms with Crippen molar-refractivity contribution in [3.63, 3.8) is 0 Å². The van der Waals surface area contributed by atoms with Gasteiger partial charge in [0, 0.05) is 0 Å². The fourth-order valence-electron chi connectivity index (χ4n) is 1.22. The summed E-state index contributed by atoms with van der Waals surface area (Å²) >= 11 is 0. The van der Waals surface area contributed by atoms with Crippen LogP contribution in [0.3, 0.4) is 0 Å². The molecule has 0 radical (unpaired) electrons. The van der Waals surface area contributed by atoms with Gasteiger partial charge in [0.25, 0.3) is 0 Å². The summed E-state index contributed by atoms with van der Waals surface area (Å²) in [4.78, 5) is 0. The summed E-state index contributed by atoms with van der Waals surface area (Å²) in [5, 5.41) is 0. The summed E-state index contributed by atoms with van der Waals surface area (Å²) in [6.07, 6.45) is 1.33. The molecular weight excluding hydrogens is 245 g/mol. The van der Waals surface area contributed by atoms with Crippen LogP contribution in [0.25, 0.3) is 0 Å². The molecular formula is C9H19F3O3S. The van der Waals surface area contributed by atoms with E-state index in [2.05, 4.69) is 34.6 Å². The molecule has 0 heterocycles. The highest BCUT2D eigenvalue weighted by Crippen LogP contribution is 2.23. The van der Waals surface area contributed by atoms with Crippen molar-refractivity contribution in [1.82, 2.24) is 0 Å². The molecule has 7 heteroatoms. The monoisotopic (exact) mass is 264 g/mol. The molecule has 1 N–H and O–H groups in total. The van der Waals surface area contributed by atoms with Crippen LogP contribution >= 0.6 is 0 Å². The molecule has 0 saturated heterocycles. The third-order valence-electron chi connectivity index (χ3n) is 1.31. The van der Waals surface area contributed by atoms with Gasteiger partial charge >= 0.3 is 15.6 Å². The summed E-state index contributed by atoms with van der Waals surface area (Å²) in [7, 11) is -5.84. The smallest absolute Gasteiger partial charge is 0.279 e. The fourth-order valence-corrected chi connectivity index (χ4v) is 1.22. The minimum Gasteiger partial charge on any atom is -0.279 e. The van der Waals surface area contributed by atoms with E-state index in [1.54, 1.807) is 0 Å². The molecule has 0 spiro atoms. The fraction of sp³-hybridized carbons (Fsp3) is 1.00. The van der Waals surface area contributed by atoms with E-state index in [-0.39, 0.29) is 0 Å². The quantitative estimate of drug-likeness (QED) is 0.582. The summed E-state index contributed by atoms with van der Waals surface area (Å²) in [6, 6.07) is 0. The molecule has 0 amide bonds. The number of halogens is 3. The van der Waals surface area contributed by atoms with Crippen LogP contribution in [0.15, 0.2) is 0 Å². The van der Waals surface area contributed by atoms with Crippen molar-refractivity contribution < 1.29 is 26.1 Å². The third kappa shape index (κ3) is 11.8. The van der Waals surface area contributed by atoms with Crippen LogP contribution < -0.4 is 0 Å². The van der Waals surface area contributed by atoms with E-state index in [1.807, 2.05) is 0 Å². The van der Waals surface area contributed by atoms with E-state index in [0.29, 0.717) is 5.41 Å². The molecule has 0 rings (SSSR count). The lowest BCUT2D eigenvalue weighted by molar-refractivity contribution is -0.0510. The van der Waals surface area contributed by atoms with Crippen LogP contribution in [-0.4, -0.2) is 18.5 Å². The summed E-state index contributed by atoms with van der Waals surface area (Å²) in [5.41, 5.74) is -5.01. The maximum absolute atomic E-state index is 10.7. The van der Waals surface area contributed by atoms with E-state index in [1.165, 1.54) is 6.42 Å². The topological polar surface area (TPSA) is 54.4 Å². The Labute approximate surface area is 94.8 Å². The van der Waals surface area contributed by atoms with Crippen LogP contribution in [-0.2, 0) is 10.1 Å². The van der Waals surface area contributed by atoms with E-state index in [4.69, 9.17) is 13.0 Å². The highest BCUT2D eigenvalue weighted by molar-refractivity contribution is 7.86. The van der Waals surface area contributed by atoms with E-state index in [0.717, 1.165) is 5.92 Å². The molecule has 0 aromatic carbocycles. The molecule has 0 fully saturated rings. The summed E-state index contributed by atoms with van der Waals surface area (Å²) < 4.78 is 57.5. The summed E-state index contributed by atoms with van der Waals surface area (Å²) in [5.74, 6) is 0.843. The van der Waals surface area contributed by atoms with Crippen LogP contribution in [0.5, 0.6) is 0 Å². The van der Waals surface area contributed by atoms with Crippen LogP contribution in [0, 0.1) is 11.3 Å². The first-order valence-corrected chi connectivity index (χ1v) is 6.14. The Morgan fingerprint density at radius 3 is 1.38 bits per heavy atom. The van der Waals surface area contributed by atoms with Gasteiger partial charge in [0.15, 0.2) is 0 Å². The average Bonchev–Trinajstić information content (AvgIpc) is 1.74. The Balaban J connectivity index is 0. The van der Waals surface area contributed by atoms with Crippen molar-refractivity contribution in [2.45, 2.75) is 46.5 Å². The zero-order valence-electron chi connectivity index (χ0n) is 10.1. The molecule has 0 aliphatic rings. The minimum atomic E-state index is -5.84. The first kappa shape index (κ1) is 18.1. The van der Waals surface area contributed by atoms with Crippen LogP contribution in [0.2, 0.25) is 0 Å². The van der Waals surface area contributed by atoms with Crippen molar-refractivity contribution in [3.8, 4) is 0 Å². The van der Waals surface area contributed by atoms with Crippen LogP contribution in [0.1, 0.15) is 41.0 Å². The zero-order chi connectivity index (χ0) is 13.8. The molecule has 0 aliphatic carbocycles. The number of rotatable bonds is 1. The Morgan fingerprint density at radius 2 is 1.38 bits per heavy atom. The third-order valence-corrected chi connectivity index (χ3v) is 1.90. The maximum atomic E-state index is 10.7. The predicted molar refractivity (Wildman–Crippen MR) is 56.5 cm³/mol. The lowest BCUT2D eigenvalue weighted by atomic mass is 9.86. The van der Waals surface area contributed by atoms with E-state index >= 15 is 0 Å². The van der Waals surface area contributed by atoms with Gasteiger partial charge in [-0.15, -0.1) is 0 Å². The number of alkyl halides is 3. The maximum Gasteiger partial charge on any atom is 0.522 e. The second kappa shape index (κ2) is 5.86. The van der Waals surface area contributed by atoms with Crippen molar-refractivity contribution in [1.29, 1.82) is 0 Å². The van der Waals surface area contributed by atoms with Crippen molar-refractivity contribution in [2.75, 3.05) is 0 Å². The van der Waals surface area contributed by atoms with Gasteiger partial charge in [-0.05, 0) is 17.8 Å². The molecule has 0 atom stereocenters. The van der Waals surface area contributed by atoms with Gasteiger partial charge in [-0.2, -0.15) is 21.6 Å². The first-order valence-electron chi connectivity index (χ1n) is 4.70. The van der Waals surface area contributed by atoms with Gasteiger partial charge in [-0.1, -0.05) is 34.6 Å². The van der Waals surface area contributed by atoms with Crippen LogP contribution in [0.4, 0.5) is 13.2 Å². The van der Waals surface area contributed by atoms with Crippen molar-refractivity contribution in [3.05, 3.63) is 0 Å². The van der Waals surface area contributed by atoms with Gasteiger partial charge in [0.05, 0.1) is 0 Å². The second-order valence-corrected chi connectivity index (χ2v) is 6.49. The number of hydrogen-bond donors (Lipinski definition) is 1. The van der Waals surface area contributed by atoms with Gasteiger partial charge in [0.2, 0.25) is 0 Å². The van der Waals surface area contributed by atoms with Crippen molar-refractivity contribution >= 4 is 10.1 Å².